The molecule has 0 aromatic heterocycles. The van der Waals surface area contributed by atoms with Gasteiger partial charge >= 0.3 is 0 Å². The van der Waals surface area contributed by atoms with Gasteiger partial charge in [0.15, 0.2) is 5.79 Å². The van der Waals surface area contributed by atoms with Crippen LogP contribution in [0.25, 0.3) is 0 Å². The second-order valence-electron chi connectivity index (χ2n) is 10.4. The first-order valence-electron chi connectivity index (χ1n) is 10.9. The van der Waals surface area contributed by atoms with Crippen LogP contribution in [0.2, 0.25) is 0 Å². The topological polar surface area (TPSA) is 52.6 Å². The maximum absolute atomic E-state index is 13.7. The highest BCUT2D eigenvalue weighted by molar-refractivity contribution is 5.92. The molecule has 0 N–H and O–H groups in total. The van der Waals surface area contributed by atoms with E-state index in [0.717, 1.165) is 44.9 Å². The Morgan fingerprint density at radius 1 is 1.19 bits per heavy atom. The molecule has 146 valence electrons. The third-order valence-electron chi connectivity index (χ3n) is 9.59. The quantitative estimate of drug-likeness (QED) is 0.661. The summed E-state index contributed by atoms with van der Waals surface area (Å²) in [6, 6.07) is 0. The molecule has 0 unspecified atom stereocenters. The lowest BCUT2D eigenvalue weighted by Crippen LogP contribution is -2.54. The van der Waals surface area contributed by atoms with Crippen molar-refractivity contribution >= 4 is 11.6 Å². The van der Waals surface area contributed by atoms with Crippen molar-refractivity contribution in [1.29, 1.82) is 0 Å². The van der Waals surface area contributed by atoms with Gasteiger partial charge in [-0.3, -0.25) is 9.59 Å². The van der Waals surface area contributed by atoms with Gasteiger partial charge in [0.1, 0.15) is 11.6 Å². The van der Waals surface area contributed by atoms with Crippen molar-refractivity contribution in [2.45, 2.75) is 64.6 Å². The van der Waals surface area contributed by atoms with E-state index >= 15 is 0 Å². The maximum Gasteiger partial charge on any atom is 0.172 e. The van der Waals surface area contributed by atoms with E-state index < -0.39 is 5.79 Å². The smallest absolute Gasteiger partial charge is 0.172 e. The Morgan fingerprint density at radius 2 is 1.96 bits per heavy atom. The van der Waals surface area contributed by atoms with Crippen molar-refractivity contribution in [2.75, 3.05) is 13.2 Å². The number of hydrogen-bond acceptors (Lipinski definition) is 4. The van der Waals surface area contributed by atoms with Crippen LogP contribution in [0.4, 0.5) is 0 Å². The minimum Gasteiger partial charge on any atom is -0.347 e. The first-order valence-corrected chi connectivity index (χ1v) is 10.9. The lowest BCUT2D eigenvalue weighted by Gasteiger charge is -2.55. The zero-order valence-electron chi connectivity index (χ0n) is 16.5. The maximum atomic E-state index is 13.7. The van der Waals surface area contributed by atoms with Crippen LogP contribution in [-0.2, 0) is 19.1 Å². The molecule has 6 aliphatic rings. The number of allylic oxidation sites excluding steroid dienone is 1. The minimum atomic E-state index is -0.424. The molecule has 5 fully saturated rings. The van der Waals surface area contributed by atoms with E-state index in [1.165, 1.54) is 5.57 Å². The number of ether oxygens (including phenoxy) is 2. The van der Waals surface area contributed by atoms with Gasteiger partial charge in [0.2, 0.25) is 0 Å². The van der Waals surface area contributed by atoms with Crippen LogP contribution in [0.1, 0.15) is 58.8 Å². The van der Waals surface area contributed by atoms with Gasteiger partial charge in [0.25, 0.3) is 0 Å². The molecule has 4 heteroatoms. The highest BCUT2D eigenvalue weighted by atomic mass is 16.7. The van der Waals surface area contributed by atoms with E-state index in [-0.39, 0.29) is 28.6 Å². The summed E-state index contributed by atoms with van der Waals surface area (Å²) in [6.45, 7) is 5.46. The molecule has 27 heavy (non-hydrogen) atoms. The molecule has 4 nitrogen and oxygen atoms in total. The number of fused-ring (bicyclic) bond motifs is 4. The van der Waals surface area contributed by atoms with Crippen molar-refractivity contribution in [2.24, 2.45) is 40.4 Å². The van der Waals surface area contributed by atoms with Crippen molar-refractivity contribution in [3.8, 4) is 0 Å². The van der Waals surface area contributed by atoms with E-state index in [2.05, 4.69) is 13.0 Å². The molecule has 2 spiro atoms. The predicted octanol–water partition coefficient (Wildman–Crippen LogP) is 3.69. The van der Waals surface area contributed by atoms with Gasteiger partial charge in [-0.2, -0.15) is 0 Å². The largest absolute Gasteiger partial charge is 0.347 e. The summed E-state index contributed by atoms with van der Waals surface area (Å²) in [7, 11) is 0. The van der Waals surface area contributed by atoms with E-state index in [1.807, 2.05) is 0 Å². The molecule has 4 saturated carbocycles. The molecule has 7 atom stereocenters. The SMILES string of the molecule is CC(=O)[C@H]1CC[C@H]2[C@@H]3CC=C4CC5(CC[C@]4(C)[C@H]3C(=O)[C@H]3C[C@]132)OCCO5. The number of carbonyl (C=O) groups is 2. The van der Waals surface area contributed by atoms with Gasteiger partial charge in [-0.25, -0.2) is 0 Å². The summed E-state index contributed by atoms with van der Waals surface area (Å²) < 4.78 is 12.0. The fraction of sp³-hybridized carbons (Fsp3) is 0.826. The molecule has 1 heterocycles. The molecule has 0 bridgehead atoms. The number of carbonyl (C=O) groups excluding carboxylic acids is 2. The Bertz CT molecular complexity index is 762. The minimum absolute atomic E-state index is 0.0381. The average molecular weight is 370 g/mol. The molecule has 1 aliphatic heterocycles. The Morgan fingerprint density at radius 3 is 2.70 bits per heavy atom. The van der Waals surface area contributed by atoms with Gasteiger partial charge < -0.3 is 9.47 Å². The molecule has 6 rings (SSSR count). The summed E-state index contributed by atoms with van der Waals surface area (Å²) >= 11 is 0. The van der Waals surface area contributed by atoms with Crippen LogP contribution in [-0.4, -0.2) is 30.6 Å². The molecule has 0 amide bonds. The average Bonchev–Trinajstić information content (AvgIpc) is 3.02. The summed E-state index contributed by atoms with van der Waals surface area (Å²) in [4.78, 5) is 26.0. The molecule has 1 saturated heterocycles. The monoisotopic (exact) mass is 370 g/mol. The van der Waals surface area contributed by atoms with Crippen LogP contribution in [0.3, 0.4) is 0 Å². The summed E-state index contributed by atoms with van der Waals surface area (Å²) in [5.41, 5.74) is 1.41. The first-order chi connectivity index (χ1) is 12.9. The zero-order valence-corrected chi connectivity index (χ0v) is 16.5. The number of rotatable bonds is 1. The molecular weight excluding hydrogens is 340 g/mol. The van der Waals surface area contributed by atoms with Crippen molar-refractivity contribution in [1.82, 2.24) is 0 Å². The zero-order chi connectivity index (χ0) is 18.6. The van der Waals surface area contributed by atoms with Crippen molar-refractivity contribution in [3.05, 3.63) is 11.6 Å². The van der Waals surface area contributed by atoms with Gasteiger partial charge in [0, 0.05) is 30.6 Å². The molecular formula is C23H30O4. The number of ketones is 2. The van der Waals surface area contributed by atoms with Gasteiger partial charge in [-0.05, 0) is 61.7 Å². The van der Waals surface area contributed by atoms with Crippen LogP contribution < -0.4 is 0 Å². The van der Waals surface area contributed by atoms with Crippen LogP contribution >= 0.6 is 0 Å². The number of Topliss-reactive ketones (excluding diaryl/α,β-unsaturated/α-hetero) is 2. The fourth-order valence-electron chi connectivity index (χ4n) is 8.41. The Balaban J connectivity index is 1.37. The van der Waals surface area contributed by atoms with E-state index in [9.17, 15) is 9.59 Å². The van der Waals surface area contributed by atoms with Gasteiger partial charge in [-0.15, -0.1) is 0 Å². The second kappa shape index (κ2) is 5.13. The third kappa shape index (κ3) is 1.92. The third-order valence-corrected chi connectivity index (χ3v) is 9.59. The lowest BCUT2D eigenvalue weighted by molar-refractivity contribution is -0.185. The Kier molecular flexibility index (Phi) is 3.21. The summed E-state index contributed by atoms with van der Waals surface area (Å²) in [5.74, 6) is 1.84. The molecule has 0 aromatic carbocycles. The van der Waals surface area contributed by atoms with Crippen LogP contribution in [0.5, 0.6) is 0 Å². The molecule has 5 aliphatic carbocycles. The summed E-state index contributed by atoms with van der Waals surface area (Å²) in [6.07, 6.45) is 9.27. The molecule has 0 radical (unpaired) electrons. The standard InChI is InChI=1S/C23H30O4/c1-13(24)16-5-6-17-15-4-3-14-11-22(26-9-10-27-22)8-7-21(14,2)19(15)20(25)18-12-23(16,17)18/h3,15-19H,4-12H2,1-2H3/t15-,16+,17-,18+,19+,21-,23+/m0/s1. The first kappa shape index (κ1) is 16.9. The number of hydrogen-bond donors (Lipinski definition) is 0. The normalized spacial score (nSPS) is 51.9. The molecule has 0 aromatic rings. The van der Waals surface area contributed by atoms with Crippen LogP contribution in [0, 0.1) is 40.4 Å². The van der Waals surface area contributed by atoms with Gasteiger partial charge in [0.05, 0.1) is 13.2 Å². The van der Waals surface area contributed by atoms with E-state index in [1.54, 1.807) is 6.92 Å². The second-order valence-corrected chi connectivity index (χ2v) is 10.4. The highest BCUT2D eigenvalue weighted by Crippen LogP contribution is 2.77. The van der Waals surface area contributed by atoms with Crippen molar-refractivity contribution in [3.63, 3.8) is 0 Å². The Labute approximate surface area is 161 Å². The Hall–Kier alpha value is -1.00. The van der Waals surface area contributed by atoms with E-state index in [4.69, 9.17) is 9.47 Å². The van der Waals surface area contributed by atoms with Crippen LogP contribution in [0.15, 0.2) is 11.6 Å². The predicted molar refractivity (Wildman–Crippen MR) is 98.7 cm³/mol. The fourth-order valence-corrected chi connectivity index (χ4v) is 8.41. The van der Waals surface area contributed by atoms with Gasteiger partial charge in [-0.1, -0.05) is 18.6 Å². The summed E-state index contributed by atoms with van der Waals surface area (Å²) in [5, 5.41) is 0. The van der Waals surface area contributed by atoms with Crippen molar-refractivity contribution < 1.29 is 19.1 Å². The van der Waals surface area contributed by atoms with E-state index in [0.29, 0.717) is 36.6 Å². The lowest BCUT2D eigenvalue weighted by atomic mass is 9.49. The highest BCUT2D eigenvalue weighted by Gasteiger charge is 2.76.